The minimum Gasteiger partial charge on any atom is -0.352 e. The number of hydrogen-bond donors (Lipinski definition) is 1. The van der Waals surface area contributed by atoms with Crippen LogP contribution in [-0.2, 0) is 32.6 Å². The minimum atomic E-state index is -4.04. The molecule has 3 aromatic rings. The van der Waals surface area contributed by atoms with Crippen molar-refractivity contribution < 1.29 is 22.9 Å². The van der Waals surface area contributed by atoms with Gasteiger partial charge in [0, 0.05) is 35.6 Å². The second-order valence-corrected chi connectivity index (χ2v) is 12.5. The van der Waals surface area contributed by atoms with Crippen LogP contribution in [0.2, 0.25) is 0 Å². The fraction of sp³-hybridized carbons (Fsp3) is 0.310. The van der Waals surface area contributed by atoms with E-state index in [-0.39, 0.29) is 36.3 Å². The summed E-state index contributed by atoms with van der Waals surface area (Å²) in [6, 6.07) is 20.5. The SMILES string of the molecule is CCC(C)NC(=O)C(Cc1ccccc1)N(Cc1cccc(Br)c1)C(=O)CN(c1cccc([N+](=O)[O-])c1)S(C)(=O)=O. The third kappa shape index (κ3) is 9.12. The number of rotatable bonds is 13. The minimum absolute atomic E-state index is 0.0240. The Bertz CT molecular complexity index is 1490. The van der Waals surface area contributed by atoms with E-state index in [0.717, 1.165) is 32.2 Å². The van der Waals surface area contributed by atoms with E-state index in [1.54, 1.807) is 6.07 Å². The lowest BCUT2D eigenvalue weighted by Gasteiger charge is -2.34. The van der Waals surface area contributed by atoms with Crippen molar-refractivity contribution in [3.63, 3.8) is 0 Å². The van der Waals surface area contributed by atoms with Gasteiger partial charge >= 0.3 is 0 Å². The molecule has 0 saturated carbocycles. The van der Waals surface area contributed by atoms with Crippen molar-refractivity contribution in [2.24, 2.45) is 0 Å². The molecule has 0 fully saturated rings. The zero-order valence-electron chi connectivity index (χ0n) is 23.1. The molecular weight excluding hydrogens is 612 g/mol. The monoisotopic (exact) mass is 644 g/mol. The zero-order valence-corrected chi connectivity index (χ0v) is 25.5. The first-order chi connectivity index (χ1) is 19.4. The summed E-state index contributed by atoms with van der Waals surface area (Å²) in [5.74, 6) is -1.00. The molecule has 0 aliphatic heterocycles. The van der Waals surface area contributed by atoms with Crippen LogP contribution in [0.3, 0.4) is 0 Å². The molecule has 0 saturated heterocycles. The zero-order chi connectivity index (χ0) is 30.2. The van der Waals surface area contributed by atoms with E-state index in [9.17, 15) is 28.1 Å². The van der Waals surface area contributed by atoms with Crippen molar-refractivity contribution >= 4 is 49.1 Å². The molecule has 1 N–H and O–H groups in total. The molecule has 0 spiro atoms. The third-order valence-corrected chi connectivity index (χ3v) is 8.16. The molecule has 0 aliphatic rings. The highest BCUT2D eigenvalue weighted by atomic mass is 79.9. The van der Waals surface area contributed by atoms with E-state index in [1.807, 2.05) is 62.4 Å². The molecule has 12 heteroatoms. The van der Waals surface area contributed by atoms with Crippen LogP contribution in [0.1, 0.15) is 31.4 Å². The number of nitrogens with zero attached hydrogens (tertiary/aromatic N) is 3. The quantitative estimate of drug-likeness (QED) is 0.212. The highest BCUT2D eigenvalue weighted by Gasteiger charge is 2.33. The summed E-state index contributed by atoms with van der Waals surface area (Å²) in [6.45, 7) is 3.17. The van der Waals surface area contributed by atoms with Crippen molar-refractivity contribution in [1.29, 1.82) is 0 Å². The van der Waals surface area contributed by atoms with Crippen molar-refractivity contribution in [2.75, 3.05) is 17.1 Å². The molecule has 3 rings (SSSR count). The Morgan fingerprint density at radius 3 is 2.27 bits per heavy atom. The number of nitrogens with one attached hydrogen (secondary N) is 1. The summed E-state index contributed by atoms with van der Waals surface area (Å²) in [6.07, 6.45) is 1.80. The van der Waals surface area contributed by atoms with Crippen molar-refractivity contribution in [1.82, 2.24) is 10.2 Å². The summed E-state index contributed by atoms with van der Waals surface area (Å²) in [7, 11) is -4.04. The van der Waals surface area contributed by atoms with E-state index in [0.29, 0.717) is 6.42 Å². The maximum absolute atomic E-state index is 14.1. The number of hydrogen-bond acceptors (Lipinski definition) is 6. The molecule has 2 atom stereocenters. The van der Waals surface area contributed by atoms with Gasteiger partial charge in [-0.3, -0.25) is 24.0 Å². The predicted octanol–water partition coefficient (Wildman–Crippen LogP) is 4.68. The Morgan fingerprint density at radius 1 is 1.00 bits per heavy atom. The van der Waals surface area contributed by atoms with Gasteiger partial charge in [-0.25, -0.2) is 8.42 Å². The highest BCUT2D eigenvalue weighted by molar-refractivity contribution is 9.10. The molecule has 0 bridgehead atoms. The summed E-state index contributed by atoms with van der Waals surface area (Å²) in [5, 5.41) is 14.3. The van der Waals surface area contributed by atoms with E-state index in [1.165, 1.54) is 23.1 Å². The van der Waals surface area contributed by atoms with Gasteiger partial charge in [0.05, 0.1) is 16.9 Å². The number of carbonyl (C=O) groups excluding carboxylic acids is 2. The summed E-state index contributed by atoms with van der Waals surface area (Å²) < 4.78 is 27.3. The predicted molar refractivity (Wildman–Crippen MR) is 162 cm³/mol. The van der Waals surface area contributed by atoms with Crippen LogP contribution in [0.4, 0.5) is 11.4 Å². The van der Waals surface area contributed by atoms with Crippen LogP contribution in [-0.4, -0.2) is 54.9 Å². The molecule has 41 heavy (non-hydrogen) atoms. The summed E-state index contributed by atoms with van der Waals surface area (Å²) in [5.41, 5.74) is 1.21. The second kappa shape index (κ2) is 14.2. The van der Waals surface area contributed by atoms with Crippen molar-refractivity contribution in [2.45, 2.75) is 45.3 Å². The molecule has 218 valence electrons. The van der Waals surface area contributed by atoms with Crippen molar-refractivity contribution in [3.8, 4) is 0 Å². The summed E-state index contributed by atoms with van der Waals surface area (Å²) >= 11 is 3.44. The molecule has 3 aromatic carbocycles. The Balaban J connectivity index is 2.08. The lowest BCUT2D eigenvalue weighted by atomic mass is 10.0. The van der Waals surface area contributed by atoms with E-state index in [4.69, 9.17) is 0 Å². The lowest BCUT2D eigenvalue weighted by Crippen LogP contribution is -2.54. The first kappa shape index (κ1) is 31.8. The van der Waals surface area contributed by atoms with Gasteiger partial charge < -0.3 is 10.2 Å². The van der Waals surface area contributed by atoms with Gasteiger partial charge in [0.1, 0.15) is 12.6 Å². The largest absolute Gasteiger partial charge is 0.352 e. The topological polar surface area (TPSA) is 130 Å². The lowest BCUT2D eigenvalue weighted by molar-refractivity contribution is -0.384. The van der Waals surface area contributed by atoms with Gasteiger partial charge in [0.15, 0.2) is 0 Å². The number of non-ortho nitro benzene ring substituents is 1. The van der Waals surface area contributed by atoms with Gasteiger partial charge in [0.25, 0.3) is 5.69 Å². The molecule has 2 unspecified atom stereocenters. The maximum Gasteiger partial charge on any atom is 0.271 e. The fourth-order valence-corrected chi connectivity index (χ4v) is 5.49. The first-order valence-electron chi connectivity index (χ1n) is 13.0. The van der Waals surface area contributed by atoms with Crippen LogP contribution < -0.4 is 9.62 Å². The van der Waals surface area contributed by atoms with Crippen molar-refractivity contribution in [3.05, 3.63) is 105 Å². The summed E-state index contributed by atoms with van der Waals surface area (Å²) in [4.78, 5) is 39.8. The molecule has 0 heterocycles. The fourth-order valence-electron chi connectivity index (χ4n) is 4.20. The van der Waals surface area contributed by atoms with Crippen LogP contribution in [0, 0.1) is 10.1 Å². The van der Waals surface area contributed by atoms with Gasteiger partial charge in [-0.05, 0) is 42.7 Å². The van der Waals surface area contributed by atoms with Crippen LogP contribution in [0.25, 0.3) is 0 Å². The number of carbonyl (C=O) groups is 2. The number of halogens is 1. The Labute approximate surface area is 248 Å². The van der Waals surface area contributed by atoms with Crippen LogP contribution in [0.15, 0.2) is 83.3 Å². The molecule has 2 amide bonds. The molecule has 0 aromatic heterocycles. The number of sulfonamides is 1. The van der Waals surface area contributed by atoms with E-state index in [2.05, 4.69) is 21.2 Å². The Kier molecular flexibility index (Phi) is 11.0. The molecule has 10 nitrogen and oxygen atoms in total. The van der Waals surface area contributed by atoms with Crippen LogP contribution in [0.5, 0.6) is 0 Å². The standard InChI is InChI=1S/C29H33BrN4O6S/c1-4-21(2)31-29(36)27(17-22-10-6-5-7-11-22)32(19-23-12-8-13-24(30)16-23)28(35)20-33(41(3,39)40)25-14-9-15-26(18-25)34(37)38/h5-16,18,21,27H,4,17,19-20H2,1-3H3,(H,31,36). The smallest absolute Gasteiger partial charge is 0.271 e. The first-order valence-corrected chi connectivity index (χ1v) is 15.6. The average Bonchev–Trinajstić information content (AvgIpc) is 2.93. The van der Waals surface area contributed by atoms with E-state index < -0.39 is 33.4 Å². The Morgan fingerprint density at radius 2 is 1.66 bits per heavy atom. The van der Waals surface area contributed by atoms with Gasteiger partial charge in [-0.2, -0.15) is 0 Å². The maximum atomic E-state index is 14.1. The number of anilines is 1. The number of benzene rings is 3. The number of nitro benzene ring substituents is 1. The Hall–Kier alpha value is -3.77. The van der Waals surface area contributed by atoms with Crippen LogP contribution >= 0.6 is 15.9 Å². The number of nitro groups is 1. The number of amides is 2. The second-order valence-electron chi connectivity index (χ2n) is 9.72. The molecular formula is C29H33BrN4O6S. The van der Waals surface area contributed by atoms with Gasteiger partial charge in [-0.1, -0.05) is 71.4 Å². The van der Waals surface area contributed by atoms with Gasteiger partial charge in [0.2, 0.25) is 21.8 Å². The third-order valence-electron chi connectivity index (χ3n) is 6.52. The van der Waals surface area contributed by atoms with Gasteiger partial charge in [-0.15, -0.1) is 0 Å². The highest BCUT2D eigenvalue weighted by Crippen LogP contribution is 2.24. The molecule has 0 aliphatic carbocycles. The molecule has 0 radical (unpaired) electrons. The average molecular weight is 646 g/mol. The normalized spacial score (nSPS) is 12.7. The van der Waals surface area contributed by atoms with E-state index >= 15 is 0 Å².